The van der Waals surface area contributed by atoms with Crippen LogP contribution in [0.25, 0.3) is 0 Å². The number of anilines is 2. The summed E-state index contributed by atoms with van der Waals surface area (Å²) in [5.74, 6) is 1.42. The first kappa shape index (κ1) is 17.8. The number of nitrogens with two attached hydrogens (primary N) is 1. The number of likely N-dealkylation sites (tertiary alicyclic amines) is 1. The molecule has 2 fully saturated rings. The fourth-order valence-electron chi connectivity index (χ4n) is 4.52. The van der Waals surface area contributed by atoms with E-state index in [0.29, 0.717) is 19.0 Å². The summed E-state index contributed by atoms with van der Waals surface area (Å²) >= 11 is 0. The molecule has 6 nitrogen and oxygen atoms in total. The molecule has 0 aliphatic carbocycles. The lowest BCUT2D eigenvalue weighted by molar-refractivity contribution is -0.145. The third-order valence-electron chi connectivity index (χ3n) is 5.82. The van der Waals surface area contributed by atoms with Crippen molar-refractivity contribution in [3.8, 4) is 0 Å². The van der Waals surface area contributed by atoms with Gasteiger partial charge in [-0.05, 0) is 38.7 Å². The van der Waals surface area contributed by atoms with Crippen molar-refractivity contribution in [1.29, 1.82) is 0 Å². The number of amides is 1. The van der Waals surface area contributed by atoms with Gasteiger partial charge in [0, 0.05) is 37.9 Å². The summed E-state index contributed by atoms with van der Waals surface area (Å²) in [4.78, 5) is 26.2. The van der Waals surface area contributed by atoms with Crippen molar-refractivity contribution in [2.45, 2.75) is 39.7 Å². The Balaban J connectivity index is 1.52. The third kappa shape index (κ3) is 3.48. The second kappa shape index (κ2) is 6.83. The van der Waals surface area contributed by atoms with Gasteiger partial charge in [0.2, 0.25) is 11.9 Å². The van der Waals surface area contributed by atoms with Crippen molar-refractivity contribution in [2.24, 2.45) is 5.41 Å². The van der Waals surface area contributed by atoms with Gasteiger partial charge >= 0.3 is 0 Å². The summed E-state index contributed by atoms with van der Waals surface area (Å²) in [6.07, 6.45) is 2.88. The lowest BCUT2D eigenvalue weighted by Gasteiger charge is -2.39. The maximum absolute atomic E-state index is 13.4. The second-order valence-electron chi connectivity index (χ2n) is 8.00. The highest BCUT2D eigenvalue weighted by Gasteiger charge is 2.48. The van der Waals surface area contributed by atoms with Gasteiger partial charge in [-0.3, -0.25) is 4.79 Å². The molecular formula is C21H27N5O. The Hall–Kier alpha value is -2.63. The largest absolute Gasteiger partial charge is 0.368 e. The number of aromatic nitrogens is 2. The van der Waals surface area contributed by atoms with E-state index in [2.05, 4.69) is 46.1 Å². The summed E-state index contributed by atoms with van der Waals surface area (Å²) in [6, 6.07) is 10.4. The quantitative estimate of drug-likeness (QED) is 0.905. The summed E-state index contributed by atoms with van der Waals surface area (Å²) in [5, 5.41) is 0. The molecule has 1 aromatic heterocycles. The first-order chi connectivity index (χ1) is 12.9. The van der Waals surface area contributed by atoms with E-state index in [1.54, 1.807) is 0 Å². The molecule has 0 radical (unpaired) electrons. The van der Waals surface area contributed by atoms with Gasteiger partial charge in [-0.25, -0.2) is 4.98 Å². The van der Waals surface area contributed by atoms with Gasteiger partial charge in [-0.15, -0.1) is 0 Å². The van der Waals surface area contributed by atoms with Crippen LogP contribution in [0.1, 0.15) is 36.1 Å². The first-order valence-electron chi connectivity index (χ1n) is 9.66. The molecular weight excluding hydrogens is 338 g/mol. The Morgan fingerprint density at radius 3 is 2.78 bits per heavy atom. The molecule has 6 heteroatoms. The summed E-state index contributed by atoms with van der Waals surface area (Å²) in [7, 11) is 0. The van der Waals surface area contributed by atoms with Gasteiger partial charge in [0.25, 0.3) is 0 Å². The van der Waals surface area contributed by atoms with Crippen LogP contribution in [0.2, 0.25) is 0 Å². The minimum Gasteiger partial charge on any atom is -0.368 e. The lowest BCUT2D eigenvalue weighted by atomic mass is 9.78. The summed E-state index contributed by atoms with van der Waals surface area (Å²) in [6.45, 7) is 7.10. The van der Waals surface area contributed by atoms with Gasteiger partial charge in [0.1, 0.15) is 5.82 Å². The number of carbonyl (C=O) groups excluding carboxylic acids is 1. The molecule has 3 heterocycles. The lowest BCUT2D eigenvalue weighted by Crippen LogP contribution is -2.49. The predicted octanol–water partition coefficient (Wildman–Crippen LogP) is 2.69. The van der Waals surface area contributed by atoms with Crippen molar-refractivity contribution >= 4 is 17.7 Å². The molecule has 1 spiro atoms. The van der Waals surface area contributed by atoms with Crippen molar-refractivity contribution in [3.05, 3.63) is 47.2 Å². The standard InChI is InChI=1S/C21H27N5O/c1-15-5-3-6-17(11-15)13-25-9-4-7-21(19(25)27)8-10-26(14-21)18-12-16(2)23-20(22)24-18/h3,5-6,11-12H,4,7-10,13-14H2,1-2H3,(H2,22,23,24)/t21-/m1/s1. The van der Waals surface area contributed by atoms with Crippen LogP contribution in [0.5, 0.6) is 0 Å². The smallest absolute Gasteiger partial charge is 0.230 e. The molecule has 1 amide bonds. The first-order valence-corrected chi connectivity index (χ1v) is 9.66. The van der Waals surface area contributed by atoms with Crippen LogP contribution < -0.4 is 10.6 Å². The van der Waals surface area contributed by atoms with Crippen molar-refractivity contribution in [3.63, 3.8) is 0 Å². The molecule has 0 saturated carbocycles. The number of nitrogen functional groups attached to an aromatic ring is 1. The number of piperidine rings is 1. The third-order valence-corrected chi connectivity index (χ3v) is 5.82. The van der Waals surface area contributed by atoms with E-state index in [4.69, 9.17) is 5.73 Å². The zero-order valence-corrected chi connectivity index (χ0v) is 16.1. The molecule has 2 aromatic rings. The molecule has 2 aliphatic heterocycles. The molecule has 0 bridgehead atoms. The molecule has 1 aromatic carbocycles. The molecule has 2 N–H and O–H groups in total. The van der Waals surface area contributed by atoms with Crippen molar-refractivity contribution in [1.82, 2.24) is 14.9 Å². The minimum atomic E-state index is -0.296. The highest BCUT2D eigenvalue weighted by Crippen LogP contribution is 2.41. The van der Waals surface area contributed by atoms with E-state index in [9.17, 15) is 4.79 Å². The van der Waals surface area contributed by atoms with Crippen LogP contribution in [0.15, 0.2) is 30.3 Å². The van der Waals surface area contributed by atoms with E-state index in [-0.39, 0.29) is 11.3 Å². The van der Waals surface area contributed by atoms with Gasteiger partial charge in [-0.2, -0.15) is 4.98 Å². The zero-order chi connectivity index (χ0) is 19.0. The highest BCUT2D eigenvalue weighted by atomic mass is 16.2. The van der Waals surface area contributed by atoms with Gasteiger partial charge in [-0.1, -0.05) is 29.8 Å². The molecule has 142 valence electrons. The molecule has 1 atom stereocenters. The van der Waals surface area contributed by atoms with Crippen LogP contribution in [0.4, 0.5) is 11.8 Å². The maximum atomic E-state index is 13.4. The van der Waals surface area contributed by atoms with E-state index in [1.807, 2.05) is 17.9 Å². The van der Waals surface area contributed by atoms with E-state index in [1.165, 1.54) is 11.1 Å². The number of benzene rings is 1. The Morgan fingerprint density at radius 2 is 2.00 bits per heavy atom. The minimum absolute atomic E-state index is 0.288. The SMILES string of the molecule is Cc1cccc(CN2CCC[C@]3(CCN(c4cc(C)nc(N)n4)C3)C2=O)c1. The van der Waals surface area contributed by atoms with Crippen LogP contribution in [-0.4, -0.2) is 40.4 Å². The number of hydrogen-bond donors (Lipinski definition) is 1. The van der Waals surface area contributed by atoms with E-state index < -0.39 is 0 Å². The fraction of sp³-hybridized carbons (Fsp3) is 0.476. The second-order valence-corrected chi connectivity index (χ2v) is 8.00. The maximum Gasteiger partial charge on any atom is 0.230 e. The van der Waals surface area contributed by atoms with Crippen LogP contribution in [0.3, 0.4) is 0 Å². The number of hydrogen-bond acceptors (Lipinski definition) is 5. The number of rotatable bonds is 3. The predicted molar refractivity (Wildman–Crippen MR) is 106 cm³/mol. The highest BCUT2D eigenvalue weighted by molar-refractivity contribution is 5.85. The number of aryl methyl sites for hydroxylation is 2. The summed E-state index contributed by atoms with van der Waals surface area (Å²) < 4.78 is 0. The monoisotopic (exact) mass is 365 g/mol. The van der Waals surface area contributed by atoms with Crippen molar-refractivity contribution in [2.75, 3.05) is 30.3 Å². The van der Waals surface area contributed by atoms with Gasteiger partial charge in [0.15, 0.2) is 0 Å². The average Bonchev–Trinajstić information content (AvgIpc) is 3.04. The van der Waals surface area contributed by atoms with Crippen LogP contribution in [-0.2, 0) is 11.3 Å². The van der Waals surface area contributed by atoms with Crippen LogP contribution >= 0.6 is 0 Å². The molecule has 0 unspecified atom stereocenters. The number of nitrogens with zero attached hydrogens (tertiary/aromatic N) is 4. The van der Waals surface area contributed by atoms with Gasteiger partial charge < -0.3 is 15.5 Å². The van der Waals surface area contributed by atoms with E-state index in [0.717, 1.165) is 43.9 Å². The normalized spacial score (nSPS) is 22.7. The molecule has 2 aliphatic rings. The Bertz CT molecular complexity index is 847. The Kier molecular flexibility index (Phi) is 4.50. The average molecular weight is 365 g/mol. The zero-order valence-electron chi connectivity index (χ0n) is 16.1. The van der Waals surface area contributed by atoms with Crippen molar-refractivity contribution < 1.29 is 4.79 Å². The van der Waals surface area contributed by atoms with Crippen LogP contribution in [0, 0.1) is 19.3 Å². The Morgan fingerprint density at radius 1 is 1.15 bits per heavy atom. The van der Waals surface area contributed by atoms with Gasteiger partial charge in [0.05, 0.1) is 5.41 Å². The Labute approximate surface area is 160 Å². The topological polar surface area (TPSA) is 75.3 Å². The summed E-state index contributed by atoms with van der Waals surface area (Å²) in [5.41, 5.74) is 8.82. The fourth-order valence-corrected chi connectivity index (χ4v) is 4.52. The molecule has 27 heavy (non-hydrogen) atoms. The molecule has 2 saturated heterocycles. The molecule has 4 rings (SSSR count). The van der Waals surface area contributed by atoms with E-state index >= 15 is 0 Å². The number of carbonyl (C=O) groups is 1.